The molecule has 3 heteroatoms. The van der Waals surface area contributed by atoms with Gasteiger partial charge in [0.2, 0.25) is 5.89 Å². The monoisotopic (exact) mass is 313 g/mol. The molecule has 0 unspecified atom stereocenters. The maximum atomic E-state index is 5.85. The standard InChI is InChI=1S/C21H15NO2/c1-2-8-17(9-3-1)23-18-10-6-7-16(15-18)13-14-21-22-19-11-4-5-12-20(19)24-21/h1-15H/b14-13+. The Morgan fingerprint density at radius 3 is 2.42 bits per heavy atom. The number of ether oxygens (including phenoxy) is 1. The molecule has 0 aliphatic carbocycles. The van der Waals surface area contributed by atoms with Crippen LogP contribution in [0.25, 0.3) is 23.3 Å². The van der Waals surface area contributed by atoms with Crippen molar-refractivity contribution in [3.63, 3.8) is 0 Å². The lowest BCUT2D eigenvalue weighted by Gasteiger charge is -2.05. The Labute approximate surface area is 139 Å². The Hall–Kier alpha value is -3.33. The first-order valence-corrected chi connectivity index (χ1v) is 7.73. The molecular weight excluding hydrogens is 298 g/mol. The SMILES string of the molecule is C(=C\c1nc2ccccc2o1)/c1cccc(Oc2ccccc2)c1. The maximum Gasteiger partial charge on any atom is 0.220 e. The average molecular weight is 313 g/mol. The zero-order chi connectivity index (χ0) is 16.2. The van der Waals surface area contributed by atoms with Crippen LogP contribution in [0.1, 0.15) is 11.5 Å². The molecule has 0 saturated carbocycles. The second-order valence-electron chi connectivity index (χ2n) is 5.34. The summed E-state index contributed by atoms with van der Waals surface area (Å²) in [6.45, 7) is 0. The van der Waals surface area contributed by atoms with Crippen LogP contribution in [0.2, 0.25) is 0 Å². The second kappa shape index (κ2) is 6.42. The van der Waals surface area contributed by atoms with Gasteiger partial charge in [-0.3, -0.25) is 0 Å². The second-order valence-corrected chi connectivity index (χ2v) is 5.34. The largest absolute Gasteiger partial charge is 0.457 e. The summed E-state index contributed by atoms with van der Waals surface area (Å²) in [6, 6.07) is 25.3. The van der Waals surface area contributed by atoms with Crippen LogP contribution in [-0.2, 0) is 0 Å². The van der Waals surface area contributed by atoms with Crippen molar-refractivity contribution in [2.75, 3.05) is 0 Å². The van der Waals surface area contributed by atoms with Gasteiger partial charge in [-0.25, -0.2) is 4.98 Å². The first-order chi connectivity index (χ1) is 11.9. The summed E-state index contributed by atoms with van der Waals surface area (Å²) in [5.41, 5.74) is 2.67. The van der Waals surface area contributed by atoms with Crippen LogP contribution in [0.4, 0.5) is 0 Å². The summed E-state index contributed by atoms with van der Waals surface area (Å²) in [6.07, 6.45) is 3.82. The zero-order valence-corrected chi connectivity index (χ0v) is 12.9. The topological polar surface area (TPSA) is 35.3 Å². The Kier molecular flexibility index (Phi) is 3.82. The Balaban J connectivity index is 1.55. The van der Waals surface area contributed by atoms with Gasteiger partial charge < -0.3 is 9.15 Å². The number of hydrogen-bond acceptors (Lipinski definition) is 3. The highest BCUT2D eigenvalue weighted by molar-refractivity contribution is 5.76. The third-order valence-corrected chi connectivity index (χ3v) is 3.57. The molecule has 1 aromatic heterocycles. The lowest BCUT2D eigenvalue weighted by Crippen LogP contribution is -1.84. The average Bonchev–Trinajstić information content (AvgIpc) is 3.04. The lowest BCUT2D eigenvalue weighted by molar-refractivity contribution is 0.482. The minimum atomic E-state index is 0.589. The van der Waals surface area contributed by atoms with Crippen molar-refractivity contribution >= 4 is 23.3 Å². The van der Waals surface area contributed by atoms with Crippen LogP contribution < -0.4 is 4.74 Å². The fraction of sp³-hybridized carbons (Fsp3) is 0. The molecule has 116 valence electrons. The molecule has 3 aromatic carbocycles. The summed E-state index contributed by atoms with van der Waals surface area (Å²) in [5.74, 6) is 2.20. The number of nitrogens with zero attached hydrogens (tertiary/aromatic N) is 1. The number of aromatic nitrogens is 1. The van der Waals surface area contributed by atoms with Crippen molar-refractivity contribution < 1.29 is 9.15 Å². The predicted octanol–water partition coefficient (Wildman–Crippen LogP) is 5.79. The van der Waals surface area contributed by atoms with Crippen LogP contribution in [0.5, 0.6) is 11.5 Å². The van der Waals surface area contributed by atoms with E-state index in [4.69, 9.17) is 9.15 Å². The molecule has 4 aromatic rings. The molecule has 0 spiro atoms. The van der Waals surface area contributed by atoms with Crippen LogP contribution in [-0.4, -0.2) is 4.98 Å². The summed E-state index contributed by atoms with van der Waals surface area (Å²) in [7, 11) is 0. The predicted molar refractivity (Wildman–Crippen MR) is 95.9 cm³/mol. The van der Waals surface area contributed by atoms with Gasteiger partial charge in [-0.05, 0) is 48.0 Å². The van der Waals surface area contributed by atoms with Crippen molar-refractivity contribution in [2.45, 2.75) is 0 Å². The van der Waals surface area contributed by atoms with Crippen molar-refractivity contribution in [2.24, 2.45) is 0 Å². The van der Waals surface area contributed by atoms with Crippen molar-refractivity contribution in [1.29, 1.82) is 0 Å². The summed E-state index contributed by atoms with van der Waals surface area (Å²) >= 11 is 0. The summed E-state index contributed by atoms with van der Waals surface area (Å²) < 4.78 is 11.5. The van der Waals surface area contributed by atoms with Gasteiger partial charge in [0.05, 0.1) is 0 Å². The molecular formula is C21H15NO2. The molecule has 0 aliphatic heterocycles. The molecule has 0 N–H and O–H groups in total. The van der Waals surface area contributed by atoms with E-state index >= 15 is 0 Å². The molecule has 0 atom stereocenters. The number of fused-ring (bicyclic) bond motifs is 1. The molecule has 0 bridgehead atoms. The van der Waals surface area contributed by atoms with Crippen LogP contribution >= 0.6 is 0 Å². The maximum absolute atomic E-state index is 5.85. The quantitative estimate of drug-likeness (QED) is 0.478. The van der Waals surface area contributed by atoms with Gasteiger partial charge in [0.15, 0.2) is 5.58 Å². The minimum Gasteiger partial charge on any atom is -0.457 e. The number of hydrogen-bond donors (Lipinski definition) is 0. The van der Waals surface area contributed by atoms with E-state index in [1.807, 2.05) is 91.0 Å². The molecule has 24 heavy (non-hydrogen) atoms. The van der Waals surface area contributed by atoms with Crippen LogP contribution in [0, 0.1) is 0 Å². The zero-order valence-electron chi connectivity index (χ0n) is 12.9. The highest BCUT2D eigenvalue weighted by Crippen LogP contribution is 2.23. The van der Waals surface area contributed by atoms with E-state index < -0.39 is 0 Å². The van der Waals surface area contributed by atoms with E-state index in [0.717, 1.165) is 28.2 Å². The summed E-state index contributed by atoms with van der Waals surface area (Å²) in [5, 5.41) is 0. The molecule has 0 radical (unpaired) electrons. The lowest BCUT2D eigenvalue weighted by atomic mass is 10.2. The number of para-hydroxylation sites is 3. The van der Waals surface area contributed by atoms with Gasteiger partial charge in [-0.15, -0.1) is 0 Å². The molecule has 4 rings (SSSR count). The van der Waals surface area contributed by atoms with Gasteiger partial charge in [0.25, 0.3) is 0 Å². The Morgan fingerprint density at radius 2 is 1.54 bits per heavy atom. The fourth-order valence-corrected chi connectivity index (χ4v) is 2.44. The van der Waals surface area contributed by atoms with E-state index in [1.54, 1.807) is 0 Å². The van der Waals surface area contributed by atoms with Gasteiger partial charge in [-0.2, -0.15) is 0 Å². The summed E-state index contributed by atoms with van der Waals surface area (Å²) in [4.78, 5) is 4.43. The van der Waals surface area contributed by atoms with E-state index in [1.165, 1.54) is 0 Å². The van der Waals surface area contributed by atoms with Gasteiger partial charge >= 0.3 is 0 Å². The molecule has 3 nitrogen and oxygen atoms in total. The van der Waals surface area contributed by atoms with Crippen molar-refractivity contribution in [3.8, 4) is 11.5 Å². The highest BCUT2D eigenvalue weighted by atomic mass is 16.5. The fourth-order valence-electron chi connectivity index (χ4n) is 2.44. The van der Waals surface area contributed by atoms with Crippen LogP contribution in [0.15, 0.2) is 83.3 Å². The first kappa shape index (κ1) is 14.3. The smallest absolute Gasteiger partial charge is 0.220 e. The minimum absolute atomic E-state index is 0.589. The number of benzene rings is 3. The Morgan fingerprint density at radius 1 is 0.750 bits per heavy atom. The molecule has 0 fully saturated rings. The molecule has 0 saturated heterocycles. The van der Waals surface area contributed by atoms with E-state index in [0.29, 0.717) is 5.89 Å². The molecule has 1 heterocycles. The molecule has 0 aliphatic rings. The first-order valence-electron chi connectivity index (χ1n) is 7.73. The van der Waals surface area contributed by atoms with Gasteiger partial charge in [0.1, 0.15) is 17.0 Å². The molecule has 0 amide bonds. The van der Waals surface area contributed by atoms with E-state index in [9.17, 15) is 0 Å². The normalized spacial score (nSPS) is 11.2. The van der Waals surface area contributed by atoms with E-state index in [-0.39, 0.29) is 0 Å². The number of oxazole rings is 1. The van der Waals surface area contributed by atoms with Crippen molar-refractivity contribution in [1.82, 2.24) is 4.98 Å². The van der Waals surface area contributed by atoms with E-state index in [2.05, 4.69) is 4.98 Å². The third kappa shape index (κ3) is 3.20. The number of rotatable bonds is 4. The highest BCUT2D eigenvalue weighted by Gasteiger charge is 2.01. The van der Waals surface area contributed by atoms with Crippen LogP contribution in [0.3, 0.4) is 0 Å². The Bertz CT molecular complexity index is 954. The third-order valence-electron chi connectivity index (χ3n) is 3.57. The van der Waals surface area contributed by atoms with Gasteiger partial charge in [-0.1, -0.05) is 42.5 Å². The van der Waals surface area contributed by atoms with Crippen molar-refractivity contribution in [3.05, 3.63) is 90.3 Å². The van der Waals surface area contributed by atoms with Gasteiger partial charge in [0, 0.05) is 6.08 Å².